The molecule has 0 spiro atoms. The Morgan fingerprint density at radius 2 is 1.38 bits per heavy atom. The number of rotatable bonds is 16. The maximum absolute atomic E-state index is 13.4. The zero-order valence-corrected chi connectivity index (χ0v) is 27.7. The van der Waals surface area contributed by atoms with E-state index in [1.165, 1.54) is 6.92 Å². The van der Waals surface area contributed by atoms with Crippen molar-refractivity contribution in [3.8, 4) is 0 Å². The fourth-order valence-corrected chi connectivity index (χ4v) is 4.76. The molecule has 0 unspecified atom stereocenters. The molecule has 274 valence electrons. The highest BCUT2D eigenvalue weighted by atomic mass is 19.4. The molecule has 2 rings (SSSR count). The molecular weight excluding hydrogens is 673 g/mol. The average Bonchev–Trinajstić information content (AvgIpc) is 2.96. The third kappa shape index (κ3) is 12.2. The monoisotopic (exact) mass is 712 g/mol. The Balaban J connectivity index is 2.33. The highest BCUT2D eigenvalue weighted by Gasteiger charge is 2.35. The van der Waals surface area contributed by atoms with E-state index in [9.17, 15) is 56.6 Å². The molecule has 0 fully saturated rings. The van der Waals surface area contributed by atoms with Gasteiger partial charge < -0.3 is 41.8 Å². The van der Waals surface area contributed by atoms with Crippen molar-refractivity contribution >= 4 is 58.1 Å². The van der Waals surface area contributed by atoms with E-state index >= 15 is 0 Å². The van der Waals surface area contributed by atoms with Crippen LogP contribution in [0, 0.1) is 11.8 Å². The second-order valence-electron chi connectivity index (χ2n) is 12.2. The maximum Gasteiger partial charge on any atom is 0.417 e. The summed E-state index contributed by atoms with van der Waals surface area (Å²) in [5.41, 5.74) is 1.95. The summed E-state index contributed by atoms with van der Waals surface area (Å²) in [5.74, 6) is -7.77. The van der Waals surface area contributed by atoms with Gasteiger partial charge in [-0.15, -0.1) is 0 Å². The van der Waals surface area contributed by atoms with Crippen LogP contribution < -0.4 is 37.9 Å². The molecule has 1 heterocycles. The lowest BCUT2D eigenvalue weighted by atomic mass is 10.0. The van der Waals surface area contributed by atoms with Gasteiger partial charge in [0, 0.05) is 30.1 Å². The minimum absolute atomic E-state index is 0.0675. The minimum Gasteiger partial charge on any atom is -0.481 e. The Kier molecular flexibility index (Phi) is 14.0. The van der Waals surface area contributed by atoms with Crippen molar-refractivity contribution in [1.29, 1.82) is 0 Å². The van der Waals surface area contributed by atoms with Gasteiger partial charge in [-0.3, -0.25) is 33.6 Å². The third-order valence-electron chi connectivity index (χ3n) is 7.02. The second kappa shape index (κ2) is 17.3. The fourth-order valence-electron chi connectivity index (χ4n) is 4.76. The van der Waals surface area contributed by atoms with Crippen LogP contribution in [-0.4, -0.2) is 70.7 Å². The van der Waals surface area contributed by atoms with E-state index in [-0.39, 0.29) is 24.1 Å². The van der Waals surface area contributed by atoms with Gasteiger partial charge in [-0.1, -0.05) is 27.7 Å². The lowest BCUT2D eigenvalue weighted by Crippen LogP contribution is -2.59. The predicted molar refractivity (Wildman–Crippen MR) is 170 cm³/mol. The summed E-state index contributed by atoms with van der Waals surface area (Å²) >= 11 is 0. The lowest BCUT2D eigenvalue weighted by Gasteiger charge is -2.27. The number of primary amides is 1. The first-order valence-corrected chi connectivity index (χ1v) is 15.2. The van der Waals surface area contributed by atoms with E-state index in [0.717, 1.165) is 18.2 Å². The summed E-state index contributed by atoms with van der Waals surface area (Å²) in [6.07, 6.45) is -6.63. The number of hydrogen-bond donors (Lipinski definition) is 7. The van der Waals surface area contributed by atoms with Crippen molar-refractivity contribution in [2.45, 2.75) is 84.2 Å². The predicted octanol–water partition coefficient (Wildman–Crippen LogP) is 0.762. The summed E-state index contributed by atoms with van der Waals surface area (Å²) in [5, 5.41) is 20.6. The largest absolute Gasteiger partial charge is 0.481 e. The molecule has 1 aromatic heterocycles. The number of benzene rings is 1. The molecule has 8 N–H and O–H groups in total. The van der Waals surface area contributed by atoms with Gasteiger partial charge in [-0.2, -0.15) is 13.2 Å². The number of carboxylic acid groups (broad SMARTS) is 1. The van der Waals surface area contributed by atoms with E-state index in [1.807, 2.05) is 0 Å². The highest BCUT2D eigenvalue weighted by Crippen LogP contribution is 2.34. The maximum atomic E-state index is 13.4. The number of carbonyl (C=O) groups is 7. The molecule has 0 saturated heterocycles. The highest BCUT2D eigenvalue weighted by molar-refractivity contribution is 6.02. The lowest BCUT2D eigenvalue weighted by molar-refractivity contribution is -0.140. The van der Waals surface area contributed by atoms with Gasteiger partial charge in [0.1, 0.15) is 29.8 Å². The zero-order chi connectivity index (χ0) is 38.1. The van der Waals surface area contributed by atoms with Crippen molar-refractivity contribution < 1.29 is 56.3 Å². The quantitative estimate of drug-likeness (QED) is 0.120. The molecule has 0 radical (unpaired) electrons. The van der Waals surface area contributed by atoms with E-state index in [2.05, 4.69) is 26.6 Å². The molecule has 6 amide bonds. The topological polar surface area (TPSA) is 256 Å². The number of amides is 6. The van der Waals surface area contributed by atoms with Crippen molar-refractivity contribution in [3.63, 3.8) is 0 Å². The summed E-state index contributed by atoms with van der Waals surface area (Å²) in [4.78, 5) is 99.5. The molecule has 0 saturated carbocycles. The van der Waals surface area contributed by atoms with Crippen LogP contribution in [0.4, 0.5) is 18.9 Å². The Morgan fingerprint density at radius 3 is 1.90 bits per heavy atom. The van der Waals surface area contributed by atoms with Crippen LogP contribution in [0.3, 0.4) is 0 Å². The number of alkyl halides is 3. The first-order valence-electron chi connectivity index (χ1n) is 15.2. The van der Waals surface area contributed by atoms with Gasteiger partial charge in [0.05, 0.1) is 18.4 Å². The number of carbonyl (C=O) groups excluding carboxylic acids is 6. The second-order valence-corrected chi connectivity index (χ2v) is 12.2. The van der Waals surface area contributed by atoms with Crippen LogP contribution in [0.25, 0.3) is 11.0 Å². The molecule has 2 aromatic rings. The Hall–Kier alpha value is -5.49. The zero-order valence-electron chi connectivity index (χ0n) is 27.7. The van der Waals surface area contributed by atoms with Crippen molar-refractivity contribution in [2.75, 3.05) is 5.32 Å². The number of hydrogen-bond acceptors (Lipinski definition) is 9. The molecule has 50 heavy (non-hydrogen) atoms. The molecular formula is C31H39F3N6O10. The van der Waals surface area contributed by atoms with E-state index < -0.39 is 113 Å². The van der Waals surface area contributed by atoms with Crippen LogP contribution >= 0.6 is 0 Å². The molecule has 0 aliphatic heterocycles. The van der Waals surface area contributed by atoms with Crippen molar-refractivity contribution in [2.24, 2.45) is 17.6 Å². The number of anilines is 1. The third-order valence-corrected chi connectivity index (χ3v) is 7.02. The Labute approximate surface area is 283 Å². The molecule has 1 aromatic carbocycles. The molecule has 4 atom stereocenters. The molecule has 19 heteroatoms. The molecule has 0 bridgehead atoms. The van der Waals surface area contributed by atoms with E-state index in [1.54, 1.807) is 27.7 Å². The number of aliphatic carboxylic acids is 1. The summed E-state index contributed by atoms with van der Waals surface area (Å²) < 4.78 is 45.1. The smallest absolute Gasteiger partial charge is 0.417 e. The van der Waals surface area contributed by atoms with Gasteiger partial charge in [-0.25, -0.2) is 4.79 Å². The standard InChI is InChI=1S/C31H39F3N6O10/c1-13(2)8-19(38-29(48)20(11-23(35)42)40-30(49)26(14(3)4)36-15(5)41)28(47)39-21(12-24(43)44)27(46)37-16-6-7-17-18(31(32,33)34)10-25(45)50-22(17)9-16/h6-7,9-10,13-14,19-21,26H,8,11-12H2,1-5H3,(H2,35,42)(H,36,41)(H,37,46)(H,38,48)(H,39,47)(H,40,49)(H,43,44)/t19-,20-,21-,26-/m0/s1. The Morgan fingerprint density at radius 1 is 0.820 bits per heavy atom. The van der Waals surface area contributed by atoms with Gasteiger partial charge in [-0.05, 0) is 30.4 Å². The first kappa shape index (κ1) is 40.7. The van der Waals surface area contributed by atoms with E-state index in [4.69, 9.17) is 10.2 Å². The van der Waals surface area contributed by atoms with Crippen molar-refractivity contribution in [1.82, 2.24) is 21.3 Å². The number of nitrogens with two attached hydrogens (primary N) is 1. The van der Waals surface area contributed by atoms with Gasteiger partial charge in [0.15, 0.2) is 0 Å². The normalized spacial score (nSPS) is 13.9. The number of halogens is 3. The number of nitrogens with one attached hydrogen (secondary N) is 5. The van der Waals surface area contributed by atoms with Crippen LogP contribution in [0.2, 0.25) is 0 Å². The van der Waals surface area contributed by atoms with Gasteiger partial charge in [0.2, 0.25) is 35.4 Å². The van der Waals surface area contributed by atoms with Crippen LogP contribution in [0.1, 0.15) is 59.4 Å². The van der Waals surface area contributed by atoms with Crippen LogP contribution in [0.15, 0.2) is 33.5 Å². The molecule has 0 aliphatic rings. The van der Waals surface area contributed by atoms with Crippen LogP contribution in [0.5, 0.6) is 0 Å². The Bertz CT molecular complexity index is 1690. The minimum atomic E-state index is -4.90. The average molecular weight is 713 g/mol. The first-order chi connectivity index (χ1) is 23.1. The number of fused-ring (bicyclic) bond motifs is 1. The summed E-state index contributed by atoms with van der Waals surface area (Å²) in [7, 11) is 0. The van der Waals surface area contributed by atoms with E-state index in [0.29, 0.717) is 0 Å². The van der Waals surface area contributed by atoms with Crippen LogP contribution in [-0.2, 0) is 39.7 Å². The molecule has 0 aliphatic carbocycles. The van der Waals surface area contributed by atoms with Gasteiger partial charge >= 0.3 is 17.8 Å². The summed E-state index contributed by atoms with van der Waals surface area (Å²) in [6.45, 7) is 7.78. The van der Waals surface area contributed by atoms with Gasteiger partial charge in [0.25, 0.3) is 0 Å². The molecule has 16 nitrogen and oxygen atoms in total. The fraction of sp³-hybridized carbons (Fsp3) is 0.484. The van der Waals surface area contributed by atoms with Crippen molar-refractivity contribution in [3.05, 3.63) is 40.2 Å². The summed E-state index contributed by atoms with van der Waals surface area (Å²) in [6, 6.07) is -2.77. The SMILES string of the molecule is CC(=O)N[C@H](C(=O)N[C@@H](CC(N)=O)C(=O)N[C@@H](CC(C)C)C(=O)N[C@@H](CC(=O)O)C(=O)Nc1ccc2c(C(F)(F)F)cc(=O)oc2c1)C(C)C. The number of carboxylic acids is 1.